The smallest absolute Gasteiger partial charge is 0.314 e. The molecule has 0 radical (unpaired) electrons. The third-order valence-electron chi connectivity index (χ3n) is 2.69. The number of aliphatic hydroxyl groups excluding tert-OH is 1. The Morgan fingerprint density at radius 2 is 2.00 bits per heavy atom. The normalized spacial score (nSPS) is 12.0. The van der Waals surface area contributed by atoms with E-state index in [1.165, 1.54) is 20.3 Å². The summed E-state index contributed by atoms with van der Waals surface area (Å²) in [6.45, 7) is 2.25. The largest absolute Gasteiger partial charge is 0.492 e. The Morgan fingerprint density at radius 1 is 1.37 bits per heavy atom. The van der Waals surface area contributed by atoms with Crippen LogP contribution < -0.4 is 14.8 Å². The van der Waals surface area contributed by atoms with Crippen LogP contribution in [0, 0.1) is 10.1 Å². The summed E-state index contributed by atoms with van der Waals surface area (Å²) >= 11 is 0. The standard InChI is InChI=1S/C12H18N2O5/c1-8(7-15)13-6-9-4-5-10(14(16)17)12(19-3)11(9)18-2/h4-5,8,13,15H,6-7H2,1-3H3. The zero-order chi connectivity index (χ0) is 14.4. The Bertz CT molecular complexity index is 450. The summed E-state index contributed by atoms with van der Waals surface area (Å²) in [5.41, 5.74) is 0.587. The second-order valence-corrected chi connectivity index (χ2v) is 4.03. The molecule has 1 aromatic rings. The monoisotopic (exact) mass is 270 g/mol. The minimum absolute atomic E-state index is 0.00638. The number of hydrogen-bond donors (Lipinski definition) is 2. The average molecular weight is 270 g/mol. The van der Waals surface area contributed by atoms with Gasteiger partial charge in [-0.15, -0.1) is 0 Å². The highest BCUT2D eigenvalue weighted by Crippen LogP contribution is 2.39. The van der Waals surface area contributed by atoms with Gasteiger partial charge in [-0.05, 0) is 13.0 Å². The maximum Gasteiger partial charge on any atom is 0.314 e. The molecule has 0 bridgehead atoms. The van der Waals surface area contributed by atoms with Gasteiger partial charge in [0.15, 0.2) is 5.75 Å². The predicted octanol–water partition coefficient (Wildman–Crippen LogP) is 1.08. The van der Waals surface area contributed by atoms with Crippen LogP contribution in [-0.2, 0) is 6.54 Å². The predicted molar refractivity (Wildman–Crippen MR) is 69.6 cm³/mol. The van der Waals surface area contributed by atoms with E-state index in [2.05, 4.69) is 5.32 Å². The maximum absolute atomic E-state index is 10.9. The van der Waals surface area contributed by atoms with Crippen molar-refractivity contribution in [3.05, 3.63) is 27.8 Å². The molecule has 1 rings (SSSR count). The van der Waals surface area contributed by atoms with Gasteiger partial charge in [0.05, 0.1) is 25.7 Å². The van der Waals surface area contributed by atoms with E-state index in [0.29, 0.717) is 12.3 Å². The van der Waals surface area contributed by atoms with Gasteiger partial charge in [0.2, 0.25) is 5.75 Å². The molecule has 0 fully saturated rings. The first-order valence-electron chi connectivity index (χ1n) is 5.77. The molecule has 0 aromatic heterocycles. The van der Waals surface area contributed by atoms with Crippen molar-refractivity contribution in [2.75, 3.05) is 20.8 Å². The Balaban J connectivity index is 3.09. The van der Waals surface area contributed by atoms with Gasteiger partial charge in [0, 0.05) is 24.2 Å². The van der Waals surface area contributed by atoms with E-state index in [0.717, 1.165) is 5.56 Å². The van der Waals surface area contributed by atoms with Crippen molar-refractivity contribution in [2.24, 2.45) is 0 Å². The third-order valence-corrected chi connectivity index (χ3v) is 2.69. The average Bonchev–Trinajstić information content (AvgIpc) is 2.42. The number of rotatable bonds is 7. The van der Waals surface area contributed by atoms with Crippen LogP contribution in [0.5, 0.6) is 11.5 Å². The highest BCUT2D eigenvalue weighted by molar-refractivity contribution is 5.59. The molecule has 7 heteroatoms. The van der Waals surface area contributed by atoms with Gasteiger partial charge in [0.1, 0.15) is 0 Å². The summed E-state index contributed by atoms with van der Waals surface area (Å²) in [4.78, 5) is 10.4. The van der Waals surface area contributed by atoms with Gasteiger partial charge < -0.3 is 19.9 Å². The van der Waals surface area contributed by atoms with E-state index in [-0.39, 0.29) is 24.1 Å². The first-order valence-corrected chi connectivity index (χ1v) is 5.77. The van der Waals surface area contributed by atoms with E-state index in [4.69, 9.17) is 14.6 Å². The summed E-state index contributed by atoms with van der Waals surface area (Å²) < 4.78 is 10.3. The molecule has 1 unspecified atom stereocenters. The fourth-order valence-corrected chi connectivity index (χ4v) is 1.65. The van der Waals surface area contributed by atoms with Crippen LogP contribution in [0.1, 0.15) is 12.5 Å². The molecule has 2 N–H and O–H groups in total. The van der Waals surface area contributed by atoms with Crippen molar-refractivity contribution in [1.29, 1.82) is 0 Å². The van der Waals surface area contributed by atoms with E-state index in [1.54, 1.807) is 6.07 Å². The number of aliphatic hydroxyl groups is 1. The Kier molecular flexibility index (Phi) is 5.53. The molecular weight excluding hydrogens is 252 g/mol. The van der Waals surface area contributed by atoms with E-state index < -0.39 is 4.92 Å². The molecule has 1 atom stereocenters. The molecule has 19 heavy (non-hydrogen) atoms. The summed E-state index contributed by atoms with van der Waals surface area (Å²) in [5.74, 6) is 0.429. The Hall–Kier alpha value is -1.86. The van der Waals surface area contributed by atoms with Crippen molar-refractivity contribution in [3.63, 3.8) is 0 Å². The van der Waals surface area contributed by atoms with E-state index >= 15 is 0 Å². The van der Waals surface area contributed by atoms with Crippen molar-refractivity contribution in [2.45, 2.75) is 19.5 Å². The molecule has 0 aliphatic carbocycles. The van der Waals surface area contributed by atoms with Crippen LogP contribution in [0.3, 0.4) is 0 Å². The van der Waals surface area contributed by atoms with Crippen molar-refractivity contribution < 1.29 is 19.5 Å². The van der Waals surface area contributed by atoms with Crippen molar-refractivity contribution >= 4 is 5.69 Å². The number of nitro benzene ring substituents is 1. The molecule has 7 nitrogen and oxygen atoms in total. The lowest BCUT2D eigenvalue weighted by Crippen LogP contribution is -2.28. The molecule has 0 amide bonds. The summed E-state index contributed by atoms with van der Waals surface area (Å²) in [6.07, 6.45) is 0. The first-order chi connectivity index (χ1) is 9.04. The number of nitrogens with one attached hydrogen (secondary N) is 1. The van der Waals surface area contributed by atoms with Gasteiger partial charge in [0.25, 0.3) is 0 Å². The van der Waals surface area contributed by atoms with Crippen LogP contribution in [0.2, 0.25) is 0 Å². The third kappa shape index (κ3) is 3.55. The molecule has 0 saturated heterocycles. The zero-order valence-corrected chi connectivity index (χ0v) is 11.2. The number of benzene rings is 1. The molecule has 0 aliphatic rings. The van der Waals surface area contributed by atoms with Crippen LogP contribution in [0.25, 0.3) is 0 Å². The van der Waals surface area contributed by atoms with Gasteiger partial charge in [-0.3, -0.25) is 10.1 Å². The van der Waals surface area contributed by atoms with Gasteiger partial charge in [-0.25, -0.2) is 0 Å². The lowest BCUT2D eigenvalue weighted by molar-refractivity contribution is -0.385. The molecular formula is C12H18N2O5. The fourth-order valence-electron chi connectivity index (χ4n) is 1.65. The number of hydrogen-bond acceptors (Lipinski definition) is 6. The number of nitrogens with zero attached hydrogens (tertiary/aromatic N) is 1. The van der Waals surface area contributed by atoms with Crippen molar-refractivity contribution in [3.8, 4) is 11.5 Å². The second kappa shape index (κ2) is 6.91. The second-order valence-electron chi connectivity index (χ2n) is 4.03. The highest BCUT2D eigenvalue weighted by atomic mass is 16.6. The van der Waals surface area contributed by atoms with Crippen LogP contribution in [0.15, 0.2) is 12.1 Å². The molecule has 1 aromatic carbocycles. The molecule has 0 heterocycles. The van der Waals surface area contributed by atoms with Gasteiger partial charge in [-0.2, -0.15) is 0 Å². The number of methoxy groups -OCH3 is 2. The minimum Gasteiger partial charge on any atom is -0.492 e. The molecule has 0 aliphatic heterocycles. The number of nitro groups is 1. The summed E-state index contributed by atoms with van der Waals surface area (Å²) in [5, 5.41) is 22.9. The van der Waals surface area contributed by atoms with E-state index in [9.17, 15) is 10.1 Å². The van der Waals surface area contributed by atoms with Crippen LogP contribution >= 0.6 is 0 Å². The first kappa shape index (κ1) is 15.2. The molecule has 0 spiro atoms. The van der Waals surface area contributed by atoms with Crippen LogP contribution in [0.4, 0.5) is 5.69 Å². The zero-order valence-electron chi connectivity index (χ0n) is 11.2. The topological polar surface area (TPSA) is 93.9 Å². The summed E-state index contributed by atoms with van der Waals surface area (Å²) in [6, 6.07) is 2.91. The Morgan fingerprint density at radius 3 is 2.47 bits per heavy atom. The van der Waals surface area contributed by atoms with Gasteiger partial charge >= 0.3 is 5.69 Å². The quantitative estimate of drug-likeness (QED) is 0.569. The lowest BCUT2D eigenvalue weighted by Gasteiger charge is -2.15. The lowest BCUT2D eigenvalue weighted by atomic mass is 10.1. The molecule has 0 saturated carbocycles. The summed E-state index contributed by atoms with van der Waals surface area (Å²) in [7, 11) is 2.79. The fraction of sp³-hybridized carbons (Fsp3) is 0.500. The highest BCUT2D eigenvalue weighted by Gasteiger charge is 2.22. The Labute approximate surface area is 111 Å². The molecule has 106 valence electrons. The SMILES string of the molecule is COc1c(CNC(C)CO)ccc([N+](=O)[O-])c1OC. The number of ether oxygens (including phenoxy) is 2. The van der Waals surface area contributed by atoms with Gasteiger partial charge in [-0.1, -0.05) is 0 Å². The maximum atomic E-state index is 10.9. The minimum atomic E-state index is -0.519. The van der Waals surface area contributed by atoms with Crippen LogP contribution in [-0.4, -0.2) is 36.9 Å². The van der Waals surface area contributed by atoms with E-state index in [1.807, 2.05) is 6.92 Å². The van der Waals surface area contributed by atoms with Crippen molar-refractivity contribution in [1.82, 2.24) is 5.32 Å².